The van der Waals surface area contributed by atoms with Gasteiger partial charge in [0.15, 0.2) is 5.69 Å². The first-order valence-electron chi connectivity index (χ1n) is 5.37. The van der Waals surface area contributed by atoms with E-state index in [2.05, 4.69) is 4.98 Å². The van der Waals surface area contributed by atoms with Crippen molar-refractivity contribution in [3.63, 3.8) is 0 Å². The molecule has 5 heteroatoms. The summed E-state index contributed by atoms with van der Waals surface area (Å²) in [5.41, 5.74) is 0.558. The molecule has 0 saturated heterocycles. The van der Waals surface area contributed by atoms with Crippen LogP contribution in [-0.2, 0) is 6.18 Å². The number of aryl methyl sites for hydroxylation is 1. The number of hydrogen-bond donors (Lipinski definition) is 0. The molecule has 0 aliphatic heterocycles. The van der Waals surface area contributed by atoms with Crippen LogP contribution < -0.4 is 0 Å². The number of alkyl halides is 3. The highest BCUT2D eigenvalue weighted by molar-refractivity contribution is 5.46. The highest BCUT2D eigenvalue weighted by Crippen LogP contribution is 2.35. The third-order valence-electron chi connectivity index (χ3n) is 2.69. The lowest BCUT2D eigenvalue weighted by Gasteiger charge is -2.11. The third kappa shape index (κ3) is 1.90. The predicted molar refractivity (Wildman–Crippen MR) is 59.0 cm³/mol. The molecule has 17 heavy (non-hydrogen) atoms. The van der Waals surface area contributed by atoms with Gasteiger partial charge in [0, 0.05) is 5.69 Å². The largest absolute Gasteiger partial charge is 0.435 e. The number of fused-ring (bicyclic) bond motifs is 1. The lowest BCUT2D eigenvalue weighted by Crippen LogP contribution is -2.11. The highest BCUT2D eigenvalue weighted by Gasteiger charge is 2.38. The van der Waals surface area contributed by atoms with Gasteiger partial charge in [0.25, 0.3) is 0 Å². The second-order valence-electron chi connectivity index (χ2n) is 4.36. The summed E-state index contributed by atoms with van der Waals surface area (Å²) >= 11 is 0. The minimum atomic E-state index is -4.40. The van der Waals surface area contributed by atoms with Crippen LogP contribution in [0.3, 0.4) is 0 Å². The van der Waals surface area contributed by atoms with Crippen molar-refractivity contribution in [1.29, 1.82) is 0 Å². The van der Waals surface area contributed by atoms with Crippen LogP contribution >= 0.6 is 0 Å². The van der Waals surface area contributed by atoms with E-state index in [-0.39, 0.29) is 11.6 Å². The standard InChI is InChI=1S/C12H13F3N2/c1-7(2)10-11(12(13,14)15)16-9-6-4-5-8(3)17(9)10/h4-7H,1-3H3. The van der Waals surface area contributed by atoms with E-state index in [1.807, 2.05) is 0 Å². The molecule has 2 nitrogen and oxygen atoms in total. The maximum absolute atomic E-state index is 12.9. The van der Waals surface area contributed by atoms with Crippen molar-refractivity contribution >= 4 is 5.65 Å². The Hall–Kier alpha value is -1.52. The van der Waals surface area contributed by atoms with Crippen molar-refractivity contribution in [2.24, 2.45) is 0 Å². The van der Waals surface area contributed by atoms with E-state index in [9.17, 15) is 13.2 Å². The van der Waals surface area contributed by atoms with Crippen LogP contribution in [0, 0.1) is 6.92 Å². The Labute approximate surface area is 97.1 Å². The molecule has 0 aromatic carbocycles. The fourth-order valence-corrected chi connectivity index (χ4v) is 2.02. The number of hydrogen-bond acceptors (Lipinski definition) is 1. The van der Waals surface area contributed by atoms with Gasteiger partial charge in [-0.1, -0.05) is 19.9 Å². The smallest absolute Gasteiger partial charge is 0.300 e. The summed E-state index contributed by atoms with van der Waals surface area (Å²) in [4.78, 5) is 3.70. The van der Waals surface area contributed by atoms with Gasteiger partial charge in [0.05, 0.1) is 5.69 Å². The monoisotopic (exact) mass is 242 g/mol. The van der Waals surface area contributed by atoms with Crippen LogP contribution in [0.1, 0.15) is 36.8 Å². The quantitative estimate of drug-likeness (QED) is 0.743. The molecule has 0 spiro atoms. The number of imidazole rings is 1. The van der Waals surface area contributed by atoms with E-state index in [1.165, 1.54) is 0 Å². The Morgan fingerprint density at radius 3 is 2.41 bits per heavy atom. The van der Waals surface area contributed by atoms with Crippen LogP contribution in [0.15, 0.2) is 18.2 Å². The third-order valence-corrected chi connectivity index (χ3v) is 2.69. The SMILES string of the molecule is Cc1cccc2nc(C(F)(F)F)c(C(C)C)n12. The van der Waals surface area contributed by atoms with Crippen LogP contribution in [0.5, 0.6) is 0 Å². The van der Waals surface area contributed by atoms with Crippen molar-refractivity contribution in [2.75, 3.05) is 0 Å². The summed E-state index contributed by atoms with van der Waals surface area (Å²) in [6.07, 6.45) is -4.40. The number of pyridine rings is 1. The molecule has 0 bridgehead atoms. The minimum absolute atomic E-state index is 0.227. The average Bonchev–Trinajstić information content (AvgIpc) is 2.57. The second-order valence-corrected chi connectivity index (χ2v) is 4.36. The maximum Gasteiger partial charge on any atom is 0.435 e. The lowest BCUT2D eigenvalue weighted by atomic mass is 10.1. The summed E-state index contributed by atoms with van der Waals surface area (Å²) in [6, 6.07) is 5.08. The van der Waals surface area contributed by atoms with E-state index < -0.39 is 11.9 Å². The summed E-state index contributed by atoms with van der Waals surface area (Å²) in [6.45, 7) is 5.26. The van der Waals surface area contributed by atoms with Crippen LogP contribution in [-0.4, -0.2) is 9.38 Å². The zero-order valence-electron chi connectivity index (χ0n) is 9.84. The molecular weight excluding hydrogens is 229 g/mol. The Bertz CT molecular complexity index is 553. The Morgan fingerprint density at radius 1 is 1.24 bits per heavy atom. The Balaban J connectivity index is 2.86. The zero-order chi connectivity index (χ0) is 12.8. The summed E-state index contributed by atoms with van der Waals surface area (Å²) in [5.74, 6) is -0.234. The topological polar surface area (TPSA) is 17.3 Å². The number of rotatable bonds is 1. The van der Waals surface area contributed by atoms with E-state index in [4.69, 9.17) is 0 Å². The first-order valence-corrected chi connectivity index (χ1v) is 5.37. The van der Waals surface area contributed by atoms with E-state index in [0.29, 0.717) is 5.65 Å². The van der Waals surface area contributed by atoms with Gasteiger partial charge >= 0.3 is 6.18 Å². The first-order chi connectivity index (χ1) is 7.82. The lowest BCUT2D eigenvalue weighted by molar-refractivity contribution is -0.141. The summed E-state index contributed by atoms with van der Waals surface area (Å²) in [5, 5.41) is 0. The number of nitrogens with zero attached hydrogens (tertiary/aromatic N) is 2. The minimum Gasteiger partial charge on any atom is -0.300 e. The van der Waals surface area contributed by atoms with Crippen molar-refractivity contribution < 1.29 is 13.2 Å². The van der Waals surface area contributed by atoms with Crippen molar-refractivity contribution in [1.82, 2.24) is 9.38 Å². The fourth-order valence-electron chi connectivity index (χ4n) is 2.02. The molecule has 92 valence electrons. The van der Waals surface area contributed by atoms with E-state index in [0.717, 1.165) is 5.69 Å². The molecule has 0 radical (unpaired) electrons. The van der Waals surface area contributed by atoms with E-state index in [1.54, 1.807) is 43.4 Å². The molecule has 0 aliphatic carbocycles. The molecule has 2 rings (SSSR count). The van der Waals surface area contributed by atoms with Crippen LogP contribution in [0.4, 0.5) is 13.2 Å². The van der Waals surface area contributed by atoms with Gasteiger partial charge in [-0.3, -0.25) is 0 Å². The van der Waals surface area contributed by atoms with Crippen molar-refractivity contribution in [2.45, 2.75) is 32.9 Å². The normalized spacial score (nSPS) is 12.6. The molecule has 2 heterocycles. The molecule has 0 N–H and O–H groups in total. The molecule has 0 amide bonds. The first kappa shape index (κ1) is 12.0. The molecule has 0 unspecified atom stereocenters. The van der Waals surface area contributed by atoms with Gasteiger partial charge in [0.2, 0.25) is 0 Å². The maximum atomic E-state index is 12.9. The van der Waals surface area contributed by atoms with E-state index >= 15 is 0 Å². The van der Waals surface area contributed by atoms with Crippen molar-refractivity contribution in [3.8, 4) is 0 Å². The molecule has 0 aliphatic rings. The van der Waals surface area contributed by atoms with Gasteiger partial charge in [-0.05, 0) is 25.0 Å². The Kier molecular flexibility index (Phi) is 2.64. The zero-order valence-corrected chi connectivity index (χ0v) is 9.84. The molecule has 0 atom stereocenters. The molecular formula is C12H13F3N2. The molecule has 2 aromatic rings. The molecule has 0 saturated carbocycles. The predicted octanol–water partition coefficient (Wildman–Crippen LogP) is 3.78. The average molecular weight is 242 g/mol. The van der Waals surface area contributed by atoms with Gasteiger partial charge in [-0.2, -0.15) is 13.2 Å². The van der Waals surface area contributed by atoms with Gasteiger partial charge in [-0.25, -0.2) is 4.98 Å². The fraction of sp³-hybridized carbons (Fsp3) is 0.417. The Morgan fingerprint density at radius 2 is 1.88 bits per heavy atom. The second kappa shape index (κ2) is 3.75. The summed E-state index contributed by atoms with van der Waals surface area (Å²) in [7, 11) is 0. The highest BCUT2D eigenvalue weighted by atomic mass is 19.4. The molecule has 0 fully saturated rings. The van der Waals surface area contributed by atoms with Gasteiger partial charge < -0.3 is 4.40 Å². The van der Waals surface area contributed by atoms with Gasteiger partial charge in [0.1, 0.15) is 5.65 Å². The number of aromatic nitrogens is 2. The van der Waals surface area contributed by atoms with Crippen LogP contribution in [0.25, 0.3) is 5.65 Å². The number of halogens is 3. The van der Waals surface area contributed by atoms with Crippen molar-refractivity contribution in [3.05, 3.63) is 35.3 Å². The molecule has 2 aromatic heterocycles. The van der Waals surface area contributed by atoms with Crippen LogP contribution in [0.2, 0.25) is 0 Å². The van der Waals surface area contributed by atoms with Gasteiger partial charge in [-0.15, -0.1) is 0 Å². The summed E-state index contributed by atoms with van der Waals surface area (Å²) < 4.78 is 40.3.